The minimum absolute atomic E-state index is 0.344. The number of phenolic OH excluding ortho intramolecular Hbond substituents is 1. The van der Waals surface area contributed by atoms with Crippen molar-refractivity contribution in [2.24, 2.45) is 0 Å². The summed E-state index contributed by atoms with van der Waals surface area (Å²) in [4.78, 5) is 0. The van der Waals surface area contributed by atoms with Crippen LogP contribution in [0.3, 0.4) is 0 Å². The number of hydrogen-bond acceptors (Lipinski definition) is 2. The molecular weight excluding hydrogens is 302 g/mol. The molecule has 0 fully saturated rings. The van der Waals surface area contributed by atoms with Crippen molar-refractivity contribution in [2.75, 3.05) is 5.32 Å². The highest BCUT2D eigenvalue weighted by Crippen LogP contribution is 2.36. The molecule has 0 amide bonds. The topological polar surface area (TPSA) is 32.3 Å². The van der Waals surface area contributed by atoms with E-state index >= 15 is 0 Å². The summed E-state index contributed by atoms with van der Waals surface area (Å²) in [6, 6.07) is 12.3. The number of fused-ring (bicyclic) bond motifs is 1. The highest BCUT2D eigenvalue weighted by atomic mass is 79.9. The van der Waals surface area contributed by atoms with E-state index in [0.29, 0.717) is 11.8 Å². The molecule has 3 rings (SSSR count). The zero-order valence-corrected chi connectivity index (χ0v) is 12.4. The molecule has 0 heterocycles. The van der Waals surface area contributed by atoms with Gasteiger partial charge in [0.25, 0.3) is 0 Å². The van der Waals surface area contributed by atoms with Crippen molar-refractivity contribution in [3.63, 3.8) is 0 Å². The molecule has 2 N–H and O–H groups in total. The van der Waals surface area contributed by atoms with E-state index in [2.05, 4.69) is 46.4 Å². The Morgan fingerprint density at radius 2 is 2.05 bits per heavy atom. The maximum Gasteiger partial charge on any atom is 0.115 e. The fourth-order valence-corrected chi connectivity index (χ4v) is 2.94. The number of rotatable bonds is 2. The van der Waals surface area contributed by atoms with Gasteiger partial charge < -0.3 is 10.4 Å². The molecule has 0 aromatic heterocycles. The van der Waals surface area contributed by atoms with Gasteiger partial charge in [-0.2, -0.15) is 0 Å². The van der Waals surface area contributed by atoms with E-state index in [4.69, 9.17) is 0 Å². The van der Waals surface area contributed by atoms with Crippen molar-refractivity contribution >= 4 is 21.6 Å². The number of halogens is 1. The summed E-state index contributed by atoms with van der Waals surface area (Å²) < 4.78 is 1.13. The summed E-state index contributed by atoms with van der Waals surface area (Å²) in [7, 11) is 0. The van der Waals surface area contributed by atoms with Gasteiger partial charge in [-0.25, -0.2) is 0 Å². The van der Waals surface area contributed by atoms with Gasteiger partial charge in [0.2, 0.25) is 0 Å². The average molecular weight is 318 g/mol. The largest absolute Gasteiger partial charge is 0.508 e. The first-order valence-corrected chi connectivity index (χ1v) is 7.27. The normalized spacial score (nSPS) is 17.3. The zero-order valence-electron chi connectivity index (χ0n) is 10.8. The van der Waals surface area contributed by atoms with Crippen molar-refractivity contribution in [3.05, 3.63) is 57.6 Å². The molecule has 2 nitrogen and oxygen atoms in total. The van der Waals surface area contributed by atoms with Gasteiger partial charge >= 0.3 is 0 Å². The maximum absolute atomic E-state index is 9.51. The van der Waals surface area contributed by atoms with E-state index in [1.165, 1.54) is 16.7 Å². The monoisotopic (exact) mass is 317 g/mol. The lowest BCUT2D eigenvalue weighted by Crippen LogP contribution is -2.07. The molecule has 2 aromatic rings. The van der Waals surface area contributed by atoms with Gasteiger partial charge in [0.1, 0.15) is 5.75 Å². The number of nitrogens with one attached hydrogen (secondary N) is 1. The smallest absolute Gasteiger partial charge is 0.115 e. The molecule has 0 radical (unpaired) electrons. The van der Waals surface area contributed by atoms with Crippen LogP contribution in [0.15, 0.2) is 40.9 Å². The molecule has 0 spiro atoms. The Bertz CT molecular complexity index is 624. The summed E-state index contributed by atoms with van der Waals surface area (Å²) >= 11 is 3.52. The number of phenols is 1. The lowest BCUT2D eigenvalue weighted by atomic mass is 10.1. The molecule has 98 valence electrons. The van der Waals surface area contributed by atoms with Crippen LogP contribution in [0.25, 0.3) is 0 Å². The Balaban J connectivity index is 1.84. The second kappa shape index (κ2) is 4.89. The van der Waals surface area contributed by atoms with Gasteiger partial charge in [-0.15, -0.1) is 0 Å². The third-order valence-corrected chi connectivity index (χ3v) is 4.59. The first kappa shape index (κ1) is 12.5. The number of anilines is 1. The van der Waals surface area contributed by atoms with Gasteiger partial charge in [-0.05, 0) is 66.8 Å². The first-order valence-electron chi connectivity index (χ1n) is 6.48. The Kier molecular flexibility index (Phi) is 3.23. The fourth-order valence-electron chi connectivity index (χ4n) is 2.69. The molecule has 0 saturated carbocycles. The van der Waals surface area contributed by atoms with E-state index < -0.39 is 0 Å². The molecule has 0 bridgehead atoms. The van der Waals surface area contributed by atoms with E-state index in [1.54, 1.807) is 6.07 Å². The van der Waals surface area contributed by atoms with Crippen LogP contribution in [-0.4, -0.2) is 5.11 Å². The Morgan fingerprint density at radius 3 is 2.84 bits per heavy atom. The molecule has 0 aliphatic heterocycles. The van der Waals surface area contributed by atoms with Crippen LogP contribution in [0.2, 0.25) is 0 Å². The fraction of sp³-hybridized carbons (Fsp3) is 0.250. The second-order valence-electron chi connectivity index (χ2n) is 5.08. The van der Waals surface area contributed by atoms with E-state index in [1.807, 2.05) is 12.1 Å². The van der Waals surface area contributed by atoms with Crippen molar-refractivity contribution in [1.82, 2.24) is 0 Å². The minimum atomic E-state index is 0.344. The van der Waals surface area contributed by atoms with Crippen molar-refractivity contribution in [3.8, 4) is 5.75 Å². The average Bonchev–Trinajstić information content (AvgIpc) is 2.76. The number of aryl methyl sites for hydroxylation is 2. The molecule has 0 saturated heterocycles. The molecule has 19 heavy (non-hydrogen) atoms. The van der Waals surface area contributed by atoms with Crippen LogP contribution in [0.1, 0.15) is 29.2 Å². The van der Waals surface area contributed by atoms with Crippen LogP contribution in [0, 0.1) is 6.92 Å². The summed E-state index contributed by atoms with van der Waals surface area (Å²) in [6.45, 7) is 2.09. The predicted molar refractivity (Wildman–Crippen MR) is 81.7 cm³/mol. The van der Waals surface area contributed by atoms with Crippen LogP contribution in [-0.2, 0) is 6.42 Å². The van der Waals surface area contributed by atoms with Gasteiger partial charge in [-0.3, -0.25) is 0 Å². The summed E-state index contributed by atoms with van der Waals surface area (Å²) in [5.41, 5.74) is 4.94. The molecule has 1 atom stereocenters. The van der Waals surface area contributed by atoms with Crippen LogP contribution in [0.4, 0.5) is 5.69 Å². The zero-order chi connectivity index (χ0) is 13.4. The quantitative estimate of drug-likeness (QED) is 0.850. The van der Waals surface area contributed by atoms with Gasteiger partial charge in [0.15, 0.2) is 0 Å². The van der Waals surface area contributed by atoms with Gasteiger partial charge in [0, 0.05) is 10.2 Å². The van der Waals surface area contributed by atoms with Gasteiger partial charge in [0.05, 0.1) is 6.04 Å². The number of aromatic hydroxyl groups is 1. The third kappa shape index (κ3) is 2.47. The van der Waals surface area contributed by atoms with Crippen LogP contribution >= 0.6 is 15.9 Å². The lowest BCUT2D eigenvalue weighted by molar-refractivity contribution is 0.474. The standard InChI is InChI=1S/C16H16BrNO/c1-10-8-12(3-6-15(10)17)18-16-7-2-11-9-13(19)4-5-14(11)16/h3-6,8-9,16,18-19H,2,7H2,1H3. The lowest BCUT2D eigenvalue weighted by Gasteiger charge is -2.16. The first-order chi connectivity index (χ1) is 9.13. The maximum atomic E-state index is 9.51. The minimum Gasteiger partial charge on any atom is -0.508 e. The molecule has 1 aliphatic rings. The third-order valence-electron chi connectivity index (χ3n) is 3.70. The summed E-state index contributed by atoms with van der Waals surface area (Å²) in [6.07, 6.45) is 2.10. The Morgan fingerprint density at radius 1 is 1.21 bits per heavy atom. The highest BCUT2D eigenvalue weighted by molar-refractivity contribution is 9.10. The molecule has 1 unspecified atom stereocenters. The van der Waals surface area contributed by atoms with Crippen LogP contribution < -0.4 is 5.32 Å². The molecule has 2 aromatic carbocycles. The summed E-state index contributed by atoms with van der Waals surface area (Å²) in [5, 5.41) is 13.1. The molecule has 1 aliphatic carbocycles. The van der Waals surface area contributed by atoms with E-state index in [0.717, 1.165) is 23.0 Å². The van der Waals surface area contributed by atoms with Crippen molar-refractivity contribution in [2.45, 2.75) is 25.8 Å². The van der Waals surface area contributed by atoms with Gasteiger partial charge in [-0.1, -0.05) is 22.0 Å². The Hall–Kier alpha value is -1.48. The van der Waals surface area contributed by atoms with Crippen molar-refractivity contribution in [1.29, 1.82) is 0 Å². The number of hydrogen-bond donors (Lipinski definition) is 2. The van der Waals surface area contributed by atoms with Crippen LogP contribution in [0.5, 0.6) is 5.75 Å². The second-order valence-corrected chi connectivity index (χ2v) is 5.94. The predicted octanol–water partition coefficient (Wildman–Crippen LogP) is 4.56. The summed E-state index contributed by atoms with van der Waals surface area (Å²) in [5.74, 6) is 0.360. The van der Waals surface area contributed by atoms with E-state index in [-0.39, 0.29) is 0 Å². The SMILES string of the molecule is Cc1cc(NC2CCc3cc(O)ccc32)ccc1Br. The molecule has 3 heteroatoms. The Labute approximate surface area is 121 Å². The molecular formula is C16H16BrNO. The number of benzene rings is 2. The highest BCUT2D eigenvalue weighted by Gasteiger charge is 2.22. The van der Waals surface area contributed by atoms with Crippen molar-refractivity contribution < 1.29 is 5.11 Å². The van der Waals surface area contributed by atoms with E-state index in [9.17, 15) is 5.11 Å².